The summed E-state index contributed by atoms with van der Waals surface area (Å²) < 4.78 is 25.0. The topological polar surface area (TPSA) is 43.5 Å². The van der Waals surface area contributed by atoms with E-state index in [4.69, 9.17) is 18.9 Å². The van der Waals surface area contributed by atoms with E-state index in [1.807, 2.05) is 0 Å². The molecule has 2 aliphatic heterocycles. The van der Waals surface area contributed by atoms with E-state index >= 15 is 0 Å². The van der Waals surface area contributed by atoms with Gasteiger partial charge in [-0.1, -0.05) is 107 Å². The molecule has 2 saturated heterocycles. The maximum absolute atomic E-state index is 6.84. The summed E-state index contributed by atoms with van der Waals surface area (Å²) in [4.78, 5) is 0. The Hall–Kier alpha value is -2.04. The first-order valence-corrected chi connectivity index (χ1v) is 18.3. The Morgan fingerprint density at radius 1 is 0.543 bits per heavy atom. The van der Waals surface area contributed by atoms with Crippen molar-refractivity contribution >= 4 is 0 Å². The van der Waals surface area contributed by atoms with Crippen molar-refractivity contribution in [1.29, 1.82) is 0 Å². The molecule has 2 aromatic carbocycles. The highest BCUT2D eigenvalue weighted by Crippen LogP contribution is 2.46. The largest absolute Gasteiger partial charge is 0.487 e. The van der Waals surface area contributed by atoms with E-state index in [1.165, 1.54) is 33.4 Å². The van der Waals surface area contributed by atoms with E-state index in [9.17, 15) is 0 Å². The average molecular weight is 635 g/mol. The first-order chi connectivity index (χ1) is 21.4. The lowest BCUT2D eigenvalue weighted by Crippen LogP contribution is -2.28. The van der Waals surface area contributed by atoms with Gasteiger partial charge in [0.15, 0.2) is 0 Å². The van der Waals surface area contributed by atoms with E-state index < -0.39 is 0 Å². The van der Waals surface area contributed by atoms with Crippen molar-refractivity contribution in [3.05, 3.63) is 57.6 Å². The second-order valence-corrected chi connectivity index (χ2v) is 16.9. The van der Waals surface area contributed by atoms with Gasteiger partial charge in [0, 0.05) is 22.3 Å². The van der Waals surface area contributed by atoms with Crippen LogP contribution in [0.4, 0.5) is 0 Å². The van der Waals surface area contributed by atoms with Crippen LogP contribution in [0.5, 0.6) is 11.5 Å². The van der Waals surface area contributed by atoms with Crippen molar-refractivity contribution in [2.24, 2.45) is 0 Å². The SMILES string of the molecule is CCC(C)(C)c1cc(CCc2cc(C(C)(C)CC)c(OC(C)C3CO3)c(C(C)(C)CC)c2)cc(C(C)(C)CC)c1OC(C)C1CO1. The molecule has 0 saturated carbocycles. The summed E-state index contributed by atoms with van der Waals surface area (Å²) in [5.74, 6) is 2.17. The van der Waals surface area contributed by atoms with Gasteiger partial charge in [0.05, 0.1) is 13.2 Å². The van der Waals surface area contributed by atoms with Gasteiger partial charge in [-0.25, -0.2) is 0 Å². The smallest absolute Gasteiger partial charge is 0.127 e. The molecule has 2 aromatic rings. The predicted octanol–water partition coefficient (Wildman–Crippen LogP) is 10.6. The summed E-state index contributed by atoms with van der Waals surface area (Å²) in [5, 5.41) is 0. The third-order valence-corrected chi connectivity index (χ3v) is 11.8. The minimum Gasteiger partial charge on any atom is -0.487 e. The average Bonchev–Trinajstić information content (AvgIpc) is 3.93. The minimum absolute atomic E-state index is 0.00830. The van der Waals surface area contributed by atoms with Crippen molar-refractivity contribution in [3.63, 3.8) is 0 Å². The molecule has 0 aromatic heterocycles. The zero-order valence-corrected chi connectivity index (χ0v) is 31.9. The number of rotatable bonds is 17. The Labute approximate surface area is 282 Å². The van der Waals surface area contributed by atoms with Crippen molar-refractivity contribution in [1.82, 2.24) is 0 Å². The molecule has 0 aliphatic carbocycles. The van der Waals surface area contributed by atoms with Crippen LogP contribution in [0.1, 0.15) is 156 Å². The normalized spacial score (nSPS) is 20.0. The molecular formula is C42H66O4. The predicted molar refractivity (Wildman–Crippen MR) is 193 cm³/mol. The monoisotopic (exact) mass is 634 g/mol. The van der Waals surface area contributed by atoms with Crippen LogP contribution in [-0.4, -0.2) is 37.6 Å². The van der Waals surface area contributed by atoms with Gasteiger partial charge in [-0.3, -0.25) is 0 Å². The van der Waals surface area contributed by atoms with Crippen molar-refractivity contribution in [3.8, 4) is 11.5 Å². The molecule has 4 rings (SSSR count). The standard InChI is InChI=1S/C42H66O4/c1-15-39(7,8)31-21-29(22-32(40(9,10)16-2)37(31)45-27(5)35-25-43-35)19-20-30-23-33(41(11,12)17-3)38(46-28(6)36-26-44-36)34(24-30)42(13,14)18-4/h21-24,27-28,35-36H,15-20,25-26H2,1-14H3. The van der Waals surface area contributed by atoms with Crippen LogP contribution in [0, 0.1) is 0 Å². The summed E-state index contributed by atoms with van der Waals surface area (Å²) in [6, 6.07) is 9.82. The Morgan fingerprint density at radius 2 is 0.783 bits per heavy atom. The van der Waals surface area contributed by atoms with E-state index in [0.29, 0.717) is 0 Å². The Morgan fingerprint density at radius 3 is 0.978 bits per heavy atom. The van der Waals surface area contributed by atoms with Crippen LogP contribution in [-0.2, 0) is 44.0 Å². The third-order valence-electron chi connectivity index (χ3n) is 11.8. The molecule has 0 N–H and O–H groups in total. The summed E-state index contributed by atoms with van der Waals surface area (Å²) in [5.41, 5.74) is 8.07. The highest BCUT2D eigenvalue weighted by atomic mass is 16.6. The van der Waals surface area contributed by atoms with Gasteiger partial charge in [0.2, 0.25) is 0 Å². The fraction of sp³-hybridized carbons (Fsp3) is 0.714. The number of hydrogen-bond acceptors (Lipinski definition) is 4. The van der Waals surface area contributed by atoms with Gasteiger partial charge in [-0.05, 0) is 85.2 Å². The van der Waals surface area contributed by atoms with Gasteiger partial charge in [-0.2, -0.15) is 0 Å². The second-order valence-electron chi connectivity index (χ2n) is 16.9. The highest BCUT2D eigenvalue weighted by Gasteiger charge is 2.38. The third kappa shape index (κ3) is 8.15. The van der Waals surface area contributed by atoms with Crippen molar-refractivity contribution in [2.45, 2.75) is 182 Å². The van der Waals surface area contributed by atoms with E-state index in [-0.39, 0.29) is 46.1 Å². The summed E-state index contributed by atoms with van der Waals surface area (Å²) in [6.45, 7) is 34.0. The van der Waals surface area contributed by atoms with Gasteiger partial charge in [0.25, 0.3) is 0 Å². The van der Waals surface area contributed by atoms with E-state index in [0.717, 1.165) is 63.2 Å². The zero-order valence-electron chi connectivity index (χ0n) is 31.9. The first-order valence-electron chi connectivity index (χ1n) is 18.3. The number of benzene rings is 2. The van der Waals surface area contributed by atoms with E-state index in [1.54, 1.807) is 0 Å². The maximum atomic E-state index is 6.84. The Kier molecular flexibility index (Phi) is 11.1. The molecule has 2 heterocycles. The summed E-state index contributed by atoms with van der Waals surface area (Å²) in [6.07, 6.45) is 6.62. The molecule has 0 radical (unpaired) electrons. The molecule has 4 heteroatoms. The molecule has 258 valence electrons. The van der Waals surface area contributed by atoms with Crippen LogP contribution in [0.2, 0.25) is 0 Å². The molecule has 0 bridgehead atoms. The van der Waals surface area contributed by atoms with Gasteiger partial charge in [-0.15, -0.1) is 0 Å². The van der Waals surface area contributed by atoms with E-state index in [2.05, 4.69) is 121 Å². The first kappa shape index (κ1) is 36.8. The molecule has 2 fully saturated rings. The van der Waals surface area contributed by atoms with Crippen LogP contribution >= 0.6 is 0 Å². The lowest BCUT2D eigenvalue weighted by atomic mass is 9.73. The highest BCUT2D eigenvalue weighted by molar-refractivity contribution is 5.53. The summed E-state index contributed by atoms with van der Waals surface area (Å²) >= 11 is 0. The number of aryl methyl sites for hydroxylation is 2. The van der Waals surface area contributed by atoms with Crippen LogP contribution in [0.15, 0.2) is 24.3 Å². The van der Waals surface area contributed by atoms with Gasteiger partial charge in [0.1, 0.15) is 35.9 Å². The lowest BCUT2D eigenvalue weighted by molar-refractivity contribution is 0.168. The number of hydrogen-bond donors (Lipinski definition) is 0. The molecule has 2 aliphatic rings. The van der Waals surface area contributed by atoms with Crippen LogP contribution in [0.25, 0.3) is 0 Å². The molecule has 4 unspecified atom stereocenters. The van der Waals surface area contributed by atoms with Crippen LogP contribution < -0.4 is 9.47 Å². The molecular weight excluding hydrogens is 568 g/mol. The second kappa shape index (κ2) is 13.8. The fourth-order valence-corrected chi connectivity index (χ4v) is 6.16. The fourth-order valence-electron chi connectivity index (χ4n) is 6.16. The Bertz CT molecular complexity index is 1160. The molecule has 4 nitrogen and oxygen atoms in total. The number of epoxide rings is 2. The minimum atomic E-state index is -0.00830. The molecule has 0 spiro atoms. The quantitative estimate of drug-likeness (QED) is 0.162. The van der Waals surface area contributed by atoms with Gasteiger partial charge < -0.3 is 18.9 Å². The molecule has 0 amide bonds. The van der Waals surface area contributed by atoms with Crippen LogP contribution in [0.3, 0.4) is 0 Å². The van der Waals surface area contributed by atoms with Crippen molar-refractivity contribution < 1.29 is 18.9 Å². The van der Waals surface area contributed by atoms with Gasteiger partial charge >= 0.3 is 0 Å². The zero-order chi connectivity index (χ0) is 34.2. The van der Waals surface area contributed by atoms with Crippen molar-refractivity contribution in [2.75, 3.05) is 13.2 Å². The molecule has 4 atom stereocenters. The Balaban J connectivity index is 1.81. The molecule has 46 heavy (non-hydrogen) atoms. The maximum Gasteiger partial charge on any atom is 0.127 e. The number of ether oxygens (including phenoxy) is 4. The lowest BCUT2D eigenvalue weighted by Gasteiger charge is -2.35. The summed E-state index contributed by atoms with van der Waals surface area (Å²) in [7, 11) is 0.